The largest absolute Gasteiger partial charge is 0.411 e. The Kier molecular flexibility index (Phi) is 3.87. The van der Waals surface area contributed by atoms with Crippen molar-refractivity contribution >= 4 is 5.71 Å². The monoisotopic (exact) mass is 331 g/mol. The fourth-order valence-electron chi connectivity index (χ4n) is 7.40. The van der Waals surface area contributed by atoms with Crippen molar-refractivity contribution in [2.45, 2.75) is 78.2 Å². The molecule has 0 aromatic carbocycles. The van der Waals surface area contributed by atoms with Crippen LogP contribution in [0.1, 0.15) is 72.1 Å². The average molecular weight is 332 g/mol. The fourth-order valence-corrected chi connectivity index (χ4v) is 7.40. The molecule has 0 radical (unpaired) electrons. The summed E-state index contributed by atoms with van der Waals surface area (Å²) in [6.45, 7) is 6.95. The predicted molar refractivity (Wildman–Crippen MR) is 96.1 cm³/mol. The van der Waals surface area contributed by atoms with Crippen LogP contribution in [0, 0.1) is 34.5 Å². The first kappa shape index (κ1) is 16.6. The van der Waals surface area contributed by atoms with Crippen LogP contribution in [0.3, 0.4) is 0 Å². The number of oxime groups is 1. The van der Waals surface area contributed by atoms with Gasteiger partial charge in [-0.15, -0.1) is 0 Å². The Labute approximate surface area is 146 Å². The van der Waals surface area contributed by atoms with Gasteiger partial charge in [0.05, 0.1) is 11.8 Å². The Morgan fingerprint density at radius 1 is 1.12 bits per heavy atom. The van der Waals surface area contributed by atoms with Gasteiger partial charge in [0, 0.05) is 5.92 Å². The number of rotatable bonds is 1. The van der Waals surface area contributed by atoms with E-state index in [1.807, 2.05) is 6.92 Å². The second-order valence-corrected chi connectivity index (χ2v) is 9.57. The van der Waals surface area contributed by atoms with Crippen LogP contribution in [0.25, 0.3) is 0 Å². The SMILES string of the molecule is C/C(=N/O)[C@H]1CC[C@H]2[C@@H]3CC=C4C[C@@H](O)CC[C@]4(C)[C@H]3CC[C@]12C. The van der Waals surface area contributed by atoms with Crippen molar-refractivity contribution in [1.82, 2.24) is 0 Å². The molecule has 4 aliphatic carbocycles. The normalized spacial score (nSPS) is 51.4. The number of aliphatic hydroxyl groups excluding tert-OH is 1. The lowest BCUT2D eigenvalue weighted by atomic mass is 9.47. The van der Waals surface area contributed by atoms with Crippen LogP contribution in [-0.4, -0.2) is 22.1 Å². The molecule has 4 aliphatic rings. The van der Waals surface area contributed by atoms with Gasteiger partial charge >= 0.3 is 0 Å². The minimum absolute atomic E-state index is 0.117. The molecule has 3 fully saturated rings. The molecule has 0 aliphatic heterocycles. The third kappa shape index (κ3) is 2.16. The second-order valence-electron chi connectivity index (χ2n) is 9.57. The number of hydrogen-bond acceptors (Lipinski definition) is 3. The van der Waals surface area contributed by atoms with E-state index in [1.165, 1.54) is 32.1 Å². The van der Waals surface area contributed by atoms with Crippen LogP contribution < -0.4 is 0 Å². The van der Waals surface area contributed by atoms with Crippen LogP contribution in [0.5, 0.6) is 0 Å². The average Bonchev–Trinajstić information content (AvgIpc) is 2.92. The number of allylic oxidation sites excluding steroid dienone is 1. The lowest BCUT2D eigenvalue weighted by Gasteiger charge is -2.58. The maximum Gasteiger partial charge on any atom is 0.0577 e. The topological polar surface area (TPSA) is 52.8 Å². The second kappa shape index (κ2) is 5.59. The highest BCUT2D eigenvalue weighted by Gasteiger charge is 2.59. The van der Waals surface area contributed by atoms with Gasteiger partial charge in [0.2, 0.25) is 0 Å². The van der Waals surface area contributed by atoms with Gasteiger partial charge in [-0.05, 0) is 86.9 Å². The molecule has 3 saturated carbocycles. The molecule has 0 amide bonds. The summed E-state index contributed by atoms with van der Waals surface area (Å²) in [4.78, 5) is 0. The van der Waals surface area contributed by atoms with Crippen LogP contribution in [0.4, 0.5) is 0 Å². The van der Waals surface area contributed by atoms with E-state index in [9.17, 15) is 10.3 Å². The molecular formula is C21H33NO2. The first-order chi connectivity index (χ1) is 11.4. The van der Waals surface area contributed by atoms with Gasteiger partial charge in [-0.2, -0.15) is 0 Å². The molecule has 134 valence electrons. The highest BCUT2D eigenvalue weighted by molar-refractivity contribution is 5.85. The van der Waals surface area contributed by atoms with E-state index >= 15 is 0 Å². The van der Waals surface area contributed by atoms with Gasteiger partial charge in [0.1, 0.15) is 0 Å². The van der Waals surface area contributed by atoms with Crippen LogP contribution in [0.2, 0.25) is 0 Å². The van der Waals surface area contributed by atoms with Crippen molar-refractivity contribution in [3.63, 3.8) is 0 Å². The summed E-state index contributed by atoms with van der Waals surface area (Å²) in [6, 6.07) is 0. The summed E-state index contributed by atoms with van der Waals surface area (Å²) in [7, 11) is 0. The molecule has 0 aromatic heterocycles. The Balaban J connectivity index is 1.65. The van der Waals surface area contributed by atoms with Crippen molar-refractivity contribution in [2.24, 2.45) is 39.7 Å². The van der Waals surface area contributed by atoms with Crippen LogP contribution >= 0.6 is 0 Å². The molecule has 0 heterocycles. The molecular weight excluding hydrogens is 298 g/mol. The van der Waals surface area contributed by atoms with Crippen LogP contribution in [0.15, 0.2) is 16.8 Å². The molecule has 4 rings (SSSR count). The van der Waals surface area contributed by atoms with E-state index in [2.05, 4.69) is 25.1 Å². The molecule has 3 heteroatoms. The number of hydrogen-bond donors (Lipinski definition) is 2. The van der Waals surface area contributed by atoms with Gasteiger partial charge in [-0.1, -0.05) is 30.7 Å². The Hall–Kier alpha value is -0.830. The third-order valence-electron chi connectivity index (χ3n) is 8.74. The molecule has 2 N–H and O–H groups in total. The summed E-state index contributed by atoms with van der Waals surface area (Å²) in [5.41, 5.74) is 3.13. The smallest absolute Gasteiger partial charge is 0.0577 e. The highest BCUT2D eigenvalue weighted by Crippen LogP contribution is 2.66. The molecule has 24 heavy (non-hydrogen) atoms. The summed E-state index contributed by atoms with van der Waals surface area (Å²) in [6.07, 6.45) is 11.7. The number of nitrogens with zero attached hydrogens (tertiary/aromatic N) is 1. The van der Waals surface area contributed by atoms with Crippen molar-refractivity contribution < 1.29 is 10.3 Å². The van der Waals surface area contributed by atoms with Crippen molar-refractivity contribution in [3.8, 4) is 0 Å². The van der Waals surface area contributed by atoms with E-state index < -0.39 is 0 Å². The van der Waals surface area contributed by atoms with Gasteiger partial charge in [-0.25, -0.2) is 0 Å². The Morgan fingerprint density at radius 2 is 1.92 bits per heavy atom. The van der Waals surface area contributed by atoms with E-state index in [4.69, 9.17) is 0 Å². The number of fused-ring (bicyclic) bond motifs is 5. The van der Waals surface area contributed by atoms with Gasteiger partial charge in [0.15, 0.2) is 0 Å². The van der Waals surface area contributed by atoms with E-state index in [-0.39, 0.29) is 6.10 Å². The Bertz CT molecular complexity index is 582. The van der Waals surface area contributed by atoms with Gasteiger partial charge < -0.3 is 10.3 Å². The fraction of sp³-hybridized carbons (Fsp3) is 0.857. The maximum absolute atomic E-state index is 10.1. The summed E-state index contributed by atoms with van der Waals surface area (Å²) in [5.74, 6) is 2.79. The van der Waals surface area contributed by atoms with Gasteiger partial charge in [0.25, 0.3) is 0 Å². The van der Waals surface area contributed by atoms with Crippen molar-refractivity contribution in [3.05, 3.63) is 11.6 Å². The lowest BCUT2D eigenvalue weighted by Crippen LogP contribution is -2.50. The molecule has 0 saturated heterocycles. The third-order valence-corrected chi connectivity index (χ3v) is 8.74. The Morgan fingerprint density at radius 3 is 2.67 bits per heavy atom. The quantitative estimate of drug-likeness (QED) is 0.314. The standard InChI is InChI=1S/C21H33NO2/c1-13(22-24)17-6-7-18-16-5-4-14-12-15(23)8-10-20(14,2)19(16)9-11-21(17,18)3/h4,15-19,23-24H,5-12H2,1-3H3/b22-13-/t15-,16-,17+,18-,19-,20-,21+/m0/s1. The highest BCUT2D eigenvalue weighted by atomic mass is 16.4. The molecule has 0 spiro atoms. The predicted octanol–water partition coefficient (Wildman–Crippen LogP) is 4.78. The molecule has 3 nitrogen and oxygen atoms in total. The zero-order valence-electron chi connectivity index (χ0n) is 15.5. The zero-order valence-corrected chi connectivity index (χ0v) is 15.5. The molecule has 0 bridgehead atoms. The maximum atomic E-state index is 10.1. The lowest BCUT2D eigenvalue weighted by molar-refractivity contribution is -0.0425. The summed E-state index contributed by atoms with van der Waals surface area (Å²) < 4.78 is 0. The van der Waals surface area contributed by atoms with E-state index in [0.29, 0.717) is 16.7 Å². The van der Waals surface area contributed by atoms with E-state index in [0.717, 1.165) is 42.7 Å². The minimum Gasteiger partial charge on any atom is -0.411 e. The molecule has 0 aromatic rings. The zero-order chi connectivity index (χ0) is 17.1. The summed E-state index contributed by atoms with van der Waals surface area (Å²) in [5, 5.41) is 23.0. The first-order valence-corrected chi connectivity index (χ1v) is 9.96. The molecule has 0 unspecified atom stereocenters. The van der Waals surface area contributed by atoms with E-state index in [1.54, 1.807) is 5.57 Å². The number of aliphatic hydroxyl groups is 1. The van der Waals surface area contributed by atoms with Crippen molar-refractivity contribution in [1.29, 1.82) is 0 Å². The summed E-state index contributed by atoms with van der Waals surface area (Å²) >= 11 is 0. The van der Waals surface area contributed by atoms with Gasteiger partial charge in [-0.3, -0.25) is 0 Å². The minimum atomic E-state index is -0.117. The molecule has 7 atom stereocenters. The van der Waals surface area contributed by atoms with Crippen molar-refractivity contribution in [2.75, 3.05) is 0 Å². The van der Waals surface area contributed by atoms with Crippen LogP contribution in [-0.2, 0) is 0 Å². The first-order valence-electron chi connectivity index (χ1n) is 9.96.